The number of amides is 1. The first-order valence-corrected chi connectivity index (χ1v) is 9.69. The molecule has 1 fully saturated rings. The number of nitrogens with zero attached hydrogens (tertiary/aromatic N) is 4. The summed E-state index contributed by atoms with van der Waals surface area (Å²) in [5.74, 6) is 2.35. The van der Waals surface area contributed by atoms with E-state index in [4.69, 9.17) is 4.52 Å². The summed E-state index contributed by atoms with van der Waals surface area (Å²) in [6.45, 7) is 2.86. The van der Waals surface area contributed by atoms with Crippen molar-refractivity contribution in [3.05, 3.63) is 45.2 Å². The van der Waals surface area contributed by atoms with Crippen molar-refractivity contribution in [2.45, 2.75) is 44.5 Å². The molecule has 1 unspecified atom stereocenters. The number of likely N-dealkylation sites (tertiary alicyclic amines) is 1. The van der Waals surface area contributed by atoms with Crippen LogP contribution < -0.4 is 5.56 Å². The predicted molar refractivity (Wildman–Crippen MR) is 93.7 cm³/mol. The maximum Gasteiger partial charge on any atom is 0.267 e. The van der Waals surface area contributed by atoms with Crippen molar-refractivity contribution in [1.82, 2.24) is 19.8 Å². The molecule has 1 atom stereocenters. The summed E-state index contributed by atoms with van der Waals surface area (Å²) in [6, 6.07) is 1.68. The van der Waals surface area contributed by atoms with Gasteiger partial charge >= 0.3 is 0 Å². The molecule has 0 N–H and O–H groups in total. The molecule has 2 aliphatic heterocycles. The van der Waals surface area contributed by atoms with Gasteiger partial charge in [-0.2, -0.15) is 16.9 Å². The number of hydrogen-bond acceptors (Lipinski definition) is 6. The number of carbonyl (C=O) groups excluding carboxylic acids is 1. The van der Waals surface area contributed by atoms with E-state index in [9.17, 15) is 9.59 Å². The molecule has 1 amide bonds. The van der Waals surface area contributed by atoms with Crippen LogP contribution >= 0.6 is 11.8 Å². The Morgan fingerprint density at radius 3 is 3.16 bits per heavy atom. The van der Waals surface area contributed by atoms with Crippen LogP contribution in [0, 0.1) is 6.92 Å². The van der Waals surface area contributed by atoms with Gasteiger partial charge in [-0.15, -0.1) is 0 Å². The lowest BCUT2D eigenvalue weighted by atomic mass is 10.1. The summed E-state index contributed by atoms with van der Waals surface area (Å²) in [7, 11) is 0. The van der Waals surface area contributed by atoms with E-state index in [1.54, 1.807) is 13.0 Å². The minimum atomic E-state index is -0.0818. The first-order valence-electron chi connectivity index (χ1n) is 8.53. The lowest BCUT2D eigenvalue weighted by molar-refractivity contribution is 0.0718. The lowest BCUT2D eigenvalue weighted by Gasteiger charge is -2.25. The topological polar surface area (TPSA) is 81.2 Å². The quantitative estimate of drug-likeness (QED) is 0.828. The van der Waals surface area contributed by atoms with Crippen LogP contribution in [0.1, 0.15) is 40.2 Å². The third kappa shape index (κ3) is 3.10. The molecule has 8 heteroatoms. The van der Waals surface area contributed by atoms with Gasteiger partial charge in [0, 0.05) is 24.8 Å². The Morgan fingerprint density at radius 1 is 1.48 bits per heavy atom. The first-order chi connectivity index (χ1) is 12.1. The molecule has 7 nitrogen and oxygen atoms in total. The number of rotatable bonds is 3. The molecule has 0 spiro atoms. The highest BCUT2D eigenvalue weighted by Crippen LogP contribution is 2.24. The Morgan fingerprint density at radius 2 is 2.36 bits per heavy atom. The van der Waals surface area contributed by atoms with E-state index in [1.807, 2.05) is 16.7 Å². The zero-order valence-electron chi connectivity index (χ0n) is 14.1. The van der Waals surface area contributed by atoms with E-state index in [0.717, 1.165) is 42.0 Å². The van der Waals surface area contributed by atoms with Crippen molar-refractivity contribution in [2.24, 2.45) is 0 Å². The van der Waals surface area contributed by atoms with Gasteiger partial charge in [-0.25, -0.2) is 4.68 Å². The average molecular weight is 360 g/mol. The van der Waals surface area contributed by atoms with Crippen molar-refractivity contribution in [3.63, 3.8) is 0 Å². The van der Waals surface area contributed by atoms with Crippen LogP contribution in [0.25, 0.3) is 0 Å². The van der Waals surface area contributed by atoms with E-state index >= 15 is 0 Å². The van der Waals surface area contributed by atoms with Gasteiger partial charge in [-0.3, -0.25) is 9.59 Å². The highest BCUT2D eigenvalue weighted by atomic mass is 32.2. The second kappa shape index (κ2) is 6.67. The fraction of sp³-hybridized carbons (Fsp3) is 0.529. The highest BCUT2D eigenvalue weighted by molar-refractivity contribution is 7.98. The summed E-state index contributed by atoms with van der Waals surface area (Å²) in [5, 5.41) is 8.27. The van der Waals surface area contributed by atoms with Crippen LogP contribution in [0.5, 0.6) is 0 Å². The van der Waals surface area contributed by atoms with Crippen molar-refractivity contribution in [2.75, 3.05) is 12.3 Å². The smallest absolute Gasteiger partial charge is 0.267 e. The molecule has 1 saturated heterocycles. The van der Waals surface area contributed by atoms with Crippen molar-refractivity contribution in [1.29, 1.82) is 0 Å². The molecule has 0 aliphatic carbocycles. The molecule has 0 radical (unpaired) electrons. The Bertz CT molecular complexity index is 860. The Hall–Kier alpha value is -2.09. The second-order valence-electron chi connectivity index (χ2n) is 6.53. The molecule has 2 aliphatic rings. The number of aromatic nitrogens is 3. The van der Waals surface area contributed by atoms with Gasteiger partial charge in [0.1, 0.15) is 11.3 Å². The van der Waals surface area contributed by atoms with Gasteiger partial charge in [0.25, 0.3) is 11.5 Å². The normalized spacial score (nSPS) is 19.9. The van der Waals surface area contributed by atoms with Crippen LogP contribution in [0.2, 0.25) is 0 Å². The lowest BCUT2D eigenvalue weighted by Crippen LogP contribution is -2.41. The summed E-state index contributed by atoms with van der Waals surface area (Å²) in [6.07, 6.45) is 4.16. The number of fused-ring (bicyclic) bond motifs is 1. The van der Waals surface area contributed by atoms with Crippen LogP contribution in [-0.2, 0) is 18.7 Å². The largest absolute Gasteiger partial charge is 0.361 e. The fourth-order valence-corrected chi connectivity index (χ4v) is 4.49. The Kier molecular flexibility index (Phi) is 4.37. The van der Waals surface area contributed by atoms with Gasteiger partial charge in [0.05, 0.1) is 24.5 Å². The second-order valence-corrected chi connectivity index (χ2v) is 7.63. The van der Waals surface area contributed by atoms with Crippen LogP contribution in [0.3, 0.4) is 0 Å². The standard InChI is InChI=1S/C17H20N4O3S/c1-11-14(8-18-24-11)17(23)20-5-2-3-13(20)9-21-16(22)7-12-10-25-6-4-15(12)19-21/h7-8,13H,2-6,9-10H2,1H3. The molecular weight excluding hydrogens is 340 g/mol. The van der Waals surface area contributed by atoms with Gasteiger partial charge in [0.2, 0.25) is 0 Å². The van der Waals surface area contributed by atoms with Crippen LogP contribution in [0.4, 0.5) is 0 Å². The van der Waals surface area contributed by atoms with Gasteiger partial charge < -0.3 is 9.42 Å². The van der Waals surface area contributed by atoms with Crippen molar-refractivity contribution in [3.8, 4) is 0 Å². The zero-order valence-corrected chi connectivity index (χ0v) is 14.9. The molecule has 0 aromatic carbocycles. The molecule has 2 aromatic rings. The minimum Gasteiger partial charge on any atom is -0.361 e. The van der Waals surface area contributed by atoms with E-state index in [0.29, 0.717) is 24.4 Å². The van der Waals surface area contributed by atoms with E-state index in [-0.39, 0.29) is 17.5 Å². The third-order valence-corrected chi connectivity index (χ3v) is 5.92. The molecule has 25 heavy (non-hydrogen) atoms. The van der Waals surface area contributed by atoms with Crippen molar-refractivity contribution < 1.29 is 9.32 Å². The van der Waals surface area contributed by atoms with Crippen LogP contribution in [-0.4, -0.2) is 44.1 Å². The molecule has 0 bridgehead atoms. The van der Waals surface area contributed by atoms with Crippen molar-refractivity contribution >= 4 is 17.7 Å². The summed E-state index contributed by atoms with van der Waals surface area (Å²) < 4.78 is 6.55. The average Bonchev–Trinajstić information content (AvgIpc) is 3.24. The summed E-state index contributed by atoms with van der Waals surface area (Å²) >= 11 is 1.83. The molecule has 0 saturated carbocycles. The predicted octanol–water partition coefficient (Wildman–Crippen LogP) is 1.63. The summed E-state index contributed by atoms with van der Waals surface area (Å²) in [5.41, 5.74) is 2.48. The number of carbonyl (C=O) groups is 1. The highest BCUT2D eigenvalue weighted by Gasteiger charge is 2.32. The minimum absolute atomic E-state index is 0.0250. The summed E-state index contributed by atoms with van der Waals surface area (Å²) in [4.78, 5) is 27.0. The SMILES string of the molecule is Cc1oncc1C(=O)N1CCCC1Cn1nc2c(cc1=O)CSCC2. The first kappa shape index (κ1) is 16.4. The maximum absolute atomic E-state index is 12.8. The van der Waals surface area contributed by atoms with E-state index < -0.39 is 0 Å². The van der Waals surface area contributed by atoms with Gasteiger partial charge in [0.15, 0.2) is 0 Å². The molecule has 4 rings (SSSR count). The Balaban J connectivity index is 1.57. The molecular formula is C17H20N4O3S. The molecule has 2 aromatic heterocycles. The van der Waals surface area contributed by atoms with Crippen LogP contribution in [0.15, 0.2) is 21.6 Å². The van der Waals surface area contributed by atoms with E-state index in [2.05, 4.69) is 10.3 Å². The zero-order chi connectivity index (χ0) is 17.4. The van der Waals surface area contributed by atoms with Gasteiger partial charge in [-0.05, 0) is 31.1 Å². The maximum atomic E-state index is 12.8. The van der Waals surface area contributed by atoms with E-state index in [1.165, 1.54) is 10.9 Å². The number of aryl methyl sites for hydroxylation is 2. The monoisotopic (exact) mass is 360 g/mol. The number of hydrogen-bond donors (Lipinski definition) is 0. The van der Waals surface area contributed by atoms with Gasteiger partial charge in [-0.1, -0.05) is 5.16 Å². The fourth-order valence-electron chi connectivity index (χ4n) is 3.53. The molecule has 132 valence electrons. The third-order valence-electron chi connectivity index (χ3n) is 4.91. The Labute approximate surface area is 149 Å². The molecule has 4 heterocycles. The number of thioether (sulfide) groups is 1.